The summed E-state index contributed by atoms with van der Waals surface area (Å²) < 4.78 is 2.05. The highest BCUT2D eigenvalue weighted by Crippen LogP contribution is 1.99. The maximum Gasteiger partial charge on any atom is 0.191 e. The predicted octanol–water partition coefficient (Wildman–Crippen LogP) is 2.27. The molecule has 1 aromatic heterocycles. The fraction of sp³-hybridized carbons (Fsp3) is 0.643. The summed E-state index contributed by atoms with van der Waals surface area (Å²) >= 11 is 0. The number of aryl methyl sites for hydroxylation is 1. The molecule has 0 aliphatic rings. The van der Waals surface area contributed by atoms with Gasteiger partial charge in [0.05, 0.1) is 0 Å². The summed E-state index contributed by atoms with van der Waals surface area (Å²) in [5.74, 6) is 0.885. The number of nitrogens with one attached hydrogen (secondary N) is 2. The van der Waals surface area contributed by atoms with E-state index >= 15 is 0 Å². The zero-order chi connectivity index (χ0) is 13.2. The lowest BCUT2D eigenvalue weighted by Gasteiger charge is -2.11. The van der Waals surface area contributed by atoms with Crippen LogP contribution in [0.3, 0.4) is 0 Å². The van der Waals surface area contributed by atoms with E-state index in [-0.39, 0.29) is 0 Å². The zero-order valence-corrected chi connectivity index (χ0v) is 11.9. The standard InChI is InChI=1S/C14H26N4/c1-4-5-6-7-9-16-14(15-2)17-11-13-8-10-18(3)12-13/h8,10,12H,4-7,9,11H2,1-3H3,(H2,15,16,17). The van der Waals surface area contributed by atoms with E-state index in [4.69, 9.17) is 0 Å². The average molecular weight is 250 g/mol. The fourth-order valence-corrected chi connectivity index (χ4v) is 1.83. The summed E-state index contributed by atoms with van der Waals surface area (Å²) in [4.78, 5) is 4.22. The van der Waals surface area contributed by atoms with Crippen molar-refractivity contribution in [1.29, 1.82) is 0 Å². The molecule has 0 atom stereocenters. The number of hydrogen-bond donors (Lipinski definition) is 2. The molecule has 0 aromatic carbocycles. The maximum atomic E-state index is 4.22. The highest BCUT2D eigenvalue weighted by atomic mass is 15.2. The first-order valence-corrected chi connectivity index (χ1v) is 6.81. The van der Waals surface area contributed by atoms with Crippen molar-refractivity contribution in [3.05, 3.63) is 24.0 Å². The van der Waals surface area contributed by atoms with Crippen molar-refractivity contribution in [2.75, 3.05) is 13.6 Å². The Balaban J connectivity index is 2.18. The second-order valence-electron chi connectivity index (χ2n) is 4.60. The molecule has 0 radical (unpaired) electrons. The van der Waals surface area contributed by atoms with Crippen LogP contribution in [0.25, 0.3) is 0 Å². The maximum absolute atomic E-state index is 4.22. The van der Waals surface area contributed by atoms with E-state index in [2.05, 4.69) is 45.6 Å². The first-order valence-electron chi connectivity index (χ1n) is 6.81. The monoisotopic (exact) mass is 250 g/mol. The van der Waals surface area contributed by atoms with Crippen molar-refractivity contribution in [1.82, 2.24) is 15.2 Å². The van der Waals surface area contributed by atoms with Crippen LogP contribution in [-0.2, 0) is 13.6 Å². The Labute approximate surface area is 110 Å². The minimum atomic E-state index is 0.815. The van der Waals surface area contributed by atoms with Gasteiger partial charge in [-0.1, -0.05) is 26.2 Å². The van der Waals surface area contributed by atoms with E-state index in [1.54, 1.807) is 0 Å². The number of unbranched alkanes of at least 4 members (excludes halogenated alkanes) is 3. The van der Waals surface area contributed by atoms with Crippen LogP contribution in [0.2, 0.25) is 0 Å². The zero-order valence-electron chi connectivity index (χ0n) is 11.9. The van der Waals surface area contributed by atoms with Gasteiger partial charge in [0.15, 0.2) is 5.96 Å². The molecule has 0 fully saturated rings. The van der Waals surface area contributed by atoms with E-state index in [0.29, 0.717) is 0 Å². The lowest BCUT2D eigenvalue weighted by atomic mass is 10.2. The van der Waals surface area contributed by atoms with Gasteiger partial charge in [-0.3, -0.25) is 4.99 Å². The molecule has 18 heavy (non-hydrogen) atoms. The number of guanidine groups is 1. The van der Waals surface area contributed by atoms with Crippen LogP contribution in [0.5, 0.6) is 0 Å². The minimum absolute atomic E-state index is 0.815. The second kappa shape index (κ2) is 8.61. The molecule has 0 aliphatic carbocycles. The normalized spacial score (nSPS) is 11.6. The van der Waals surface area contributed by atoms with Crippen LogP contribution in [0.4, 0.5) is 0 Å². The van der Waals surface area contributed by atoms with Crippen molar-refractivity contribution in [2.45, 2.75) is 39.2 Å². The molecule has 0 aliphatic heterocycles. The SMILES string of the molecule is CCCCCCNC(=NC)NCc1ccn(C)c1. The van der Waals surface area contributed by atoms with Crippen molar-refractivity contribution in [3.8, 4) is 0 Å². The number of nitrogens with zero attached hydrogens (tertiary/aromatic N) is 2. The summed E-state index contributed by atoms with van der Waals surface area (Å²) in [5, 5.41) is 6.65. The van der Waals surface area contributed by atoms with Crippen molar-refractivity contribution < 1.29 is 0 Å². The van der Waals surface area contributed by atoms with Gasteiger partial charge in [0.1, 0.15) is 0 Å². The fourth-order valence-electron chi connectivity index (χ4n) is 1.83. The summed E-state index contributed by atoms with van der Waals surface area (Å²) in [6.07, 6.45) is 9.26. The van der Waals surface area contributed by atoms with Crippen LogP contribution >= 0.6 is 0 Å². The van der Waals surface area contributed by atoms with Gasteiger partial charge in [0, 0.05) is 39.6 Å². The van der Waals surface area contributed by atoms with Crippen LogP contribution in [0.15, 0.2) is 23.5 Å². The molecule has 0 bridgehead atoms. The Bertz CT molecular complexity index is 354. The molecule has 0 saturated heterocycles. The second-order valence-corrected chi connectivity index (χ2v) is 4.60. The van der Waals surface area contributed by atoms with Gasteiger partial charge in [0.2, 0.25) is 0 Å². The van der Waals surface area contributed by atoms with Gasteiger partial charge in [0.25, 0.3) is 0 Å². The number of aromatic nitrogens is 1. The molecule has 102 valence electrons. The molecule has 0 spiro atoms. The van der Waals surface area contributed by atoms with Crippen LogP contribution < -0.4 is 10.6 Å². The summed E-state index contributed by atoms with van der Waals surface area (Å²) in [5.41, 5.74) is 1.27. The molecular formula is C14H26N4. The van der Waals surface area contributed by atoms with E-state index in [0.717, 1.165) is 19.0 Å². The summed E-state index contributed by atoms with van der Waals surface area (Å²) in [6.45, 7) is 4.04. The minimum Gasteiger partial charge on any atom is -0.357 e. The van der Waals surface area contributed by atoms with Gasteiger partial charge in [-0.25, -0.2) is 0 Å². The van der Waals surface area contributed by atoms with Crippen molar-refractivity contribution in [2.24, 2.45) is 12.0 Å². The predicted molar refractivity (Wildman–Crippen MR) is 77.8 cm³/mol. The molecule has 0 amide bonds. The van der Waals surface area contributed by atoms with E-state index in [1.807, 2.05) is 14.1 Å². The van der Waals surface area contributed by atoms with Gasteiger partial charge in [-0.2, -0.15) is 0 Å². The molecule has 4 nitrogen and oxygen atoms in total. The molecule has 4 heteroatoms. The third kappa shape index (κ3) is 5.75. The Hall–Kier alpha value is -1.45. The van der Waals surface area contributed by atoms with E-state index in [1.165, 1.54) is 31.2 Å². The molecule has 1 heterocycles. The highest BCUT2D eigenvalue weighted by molar-refractivity contribution is 5.79. The topological polar surface area (TPSA) is 41.4 Å². The van der Waals surface area contributed by atoms with E-state index in [9.17, 15) is 0 Å². The quantitative estimate of drug-likeness (QED) is 0.443. The largest absolute Gasteiger partial charge is 0.357 e. The smallest absolute Gasteiger partial charge is 0.191 e. The summed E-state index contributed by atoms with van der Waals surface area (Å²) in [7, 11) is 3.84. The molecule has 1 rings (SSSR count). The lowest BCUT2D eigenvalue weighted by molar-refractivity contribution is 0.647. The number of hydrogen-bond acceptors (Lipinski definition) is 1. The first kappa shape index (κ1) is 14.6. The van der Waals surface area contributed by atoms with Crippen molar-refractivity contribution in [3.63, 3.8) is 0 Å². The van der Waals surface area contributed by atoms with Crippen LogP contribution in [0.1, 0.15) is 38.2 Å². The molecule has 0 saturated carbocycles. The Morgan fingerprint density at radius 1 is 1.28 bits per heavy atom. The Morgan fingerprint density at radius 3 is 2.72 bits per heavy atom. The third-order valence-electron chi connectivity index (χ3n) is 2.90. The van der Waals surface area contributed by atoms with Gasteiger partial charge in [-0.05, 0) is 18.1 Å². The van der Waals surface area contributed by atoms with E-state index < -0.39 is 0 Å². The Kier molecular flexibility index (Phi) is 6.99. The highest BCUT2D eigenvalue weighted by Gasteiger charge is 1.98. The van der Waals surface area contributed by atoms with Crippen LogP contribution in [-0.4, -0.2) is 24.1 Å². The first-order chi connectivity index (χ1) is 8.76. The van der Waals surface area contributed by atoms with Crippen LogP contribution in [0, 0.1) is 0 Å². The Morgan fingerprint density at radius 2 is 2.11 bits per heavy atom. The molecule has 0 unspecified atom stereocenters. The van der Waals surface area contributed by atoms with Gasteiger partial charge >= 0.3 is 0 Å². The molecule has 1 aromatic rings. The summed E-state index contributed by atoms with van der Waals surface area (Å²) in [6, 6.07) is 2.11. The average Bonchev–Trinajstić information content (AvgIpc) is 2.78. The molecular weight excluding hydrogens is 224 g/mol. The lowest BCUT2D eigenvalue weighted by Crippen LogP contribution is -2.37. The van der Waals surface area contributed by atoms with Crippen molar-refractivity contribution >= 4 is 5.96 Å². The number of aliphatic imine (C=N–C) groups is 1. The van der Waals surface area contributed by atoms with Gasteiger partial charge in [-0.15, -0.1) is 0 Å². The molecule has 2 N–H and O–H groups in total. The van der Waals surface area contributed by atoms with Gasteiger partial charge < -0.3 is 15.2 Å². The third-order valence-corrected chi connectivity index (χ3v) is 2.90. The number of rotatable bonds is 7.